The molecule has 3 rings (SSSR count). The quantitative estimate of drug-likeness (QED) is 0.873. The highest BCUT2D eigenvalue weighted by atomic mass is 35.5. The number of hydrogen-bond donors (Lipinski definition) is 1. The molecular formula is C18H17ClN4O2S. The van der Waals surface area contributed by atoms with Crippen molar-refractivity contribution in [1.29, 1.82) is 5.26 Å². The minimum absolute atomic E-state index is 0.0862. The van der Waals surface area contributed by atoms with Gasteiger partial charge >= 0.3 is 0 Å². The number of carbonyl (C=O) groups excluding carboxylic acids is 2. The van der Waals surface area contributed by atoms with Crippen LogP contribution in [0.25, 0.3) is 0 Å². The Hall–Kier alpha value is -2.40. The van der Waals surface area contributed by atoms with Gasteiger partial charge in [-0.25, -0.2) is 0 Å². The van der Waals surface area contributed by atoms with Crippen LogP contribution in [0.5, 0.6) is 0 Å². The van der Waals surface area contributed by atoms with Gasteiger partial charge in [-0.1, -0.05) is 23.7 Å². The summed E-state index contributed by atoms with van der Waals surface area (Å²) >= 11 is 7.42. The van der Waals surface area contributed by atoms with Crippen LogP contribution in [0.1, 0.15) is 15.9 Å². The maximum atomic E-state index is 12.5. The number of anilines is 1. The summed E-state index contributed by atoms with van der Waals surface area (Å²) in [6, 6.07) is 10.7. The number of halogens is 1. The average molecular weight is 389 g/mol. The summed E-state index contributed by atoms with van der Waals surface area (Å²) in [6.45, 7) is 2.54. The van der Waals surface area contributed by atoms with E-state index in [4.69, 9.17) is 16.9 Å². The number of carbonyl (C=O) groups is 2. The molecule has 0 aliphatic carbocycles. The number of rotatable bonds is 4. The minimum atomic E-state index is -0.158. The van der Waals surface area contributed by atoms with Crippen molar-refractivity contribution in [2.75, 3.05) is 38.0 Å². The van der Waals surface area contributed by atoms with Crippen LogP contribution in [0, 0.1) is 11.3 Å². The van der Waals surface area contributed by atoms with E-state index in [1.807, 2.05) is 4.90 Å². The monoisotopic (exact) mass is 388 g/mol. The molecule has 0 bridgehead atoms. The SMILES string of the molecule is N#Cc1ccsc1NC(=O)CN1CCN(C(=O)c2ccccc2Cl)CC1. The highest BCUT2D eigenvalue weighted by molar-refractivity contribution is 7.14. The maximum absolute atomic E-state index is 12.5. The molecular weight excluding hydrogens is 372 g/mol. The first kappa shape index (κ1) is 18.4. The van der Waals surface area contributed by atoms with E-state index in [0.717, 1.165) is 0 Å². The fourth-order valence-electron chi connectivity index (χ4n) is 2.78. The number of amides is 2. The van der Waals surface area contributed by atoms with Crippen LogP contribution in [-0.2, 0) is 4.79 Å². The van der Waals surface area contributed by atoms with Gasteiger partial charge < -0.3 is 10.2 Å². The summed E-state index contributed by atoms with van der Waals surface area (Å²) in [5, 5.41) is 14.6. The van der Waals surface area contributed by atoms with Crippen molar-refractivity contribution in [3.05, 3.63) is 51.9 Å². The first-order valence-electron chi connectivity index (χ1n) is 8.12. The number of hydrogen-bond acceptors (Lipinski definition) is 5. The molecule has 1 aliphatic heterocycles. The van der Waals surface area contributed by atoms with E-state index in [1.165, 1.54) is 11.3 Å². The first-order valence-corrected chi connectivity index (χ1v) is 9.38. The van der Waals surface area contributed by atoms with Crippen molar-refractivity contribution in [2.45, 2.75) is 0 Å². The second-order valence-corrected chi connectivity index (χ2v) is 7.19. The molecule has 0 saturated carbocycles. The van der Waals surface area contributed by atoms with Crippen molar-refractivity contribution < 1.29 is 9.59 Å². The van der Waals surface area contributed by atoms with E-state index in [1.54, 1.807) is 40.6 Å². The molecule has 1 aromatic carbocycles. The Morgan fingerprint density at radius 1 is 1.19 bits per heavy atom. The van der Waals surface area contributed by atoms with Gasteiger partial charge in [0, 0.05) is 26.2 Å². The minimum Gasteiger partial charge on any atom is -0.336 e. The summed E-state index contributed by atoms with van der Waals surface area (Å²) in [4.78, 5) is 28.5. The Balaban J connectivity index is 1.51. The van der Waals surface area contributed by atoms with Crippen LogP contribution in [-0.4, -0.2) is 54.3 Å². The maximum Gasteiger partial charge on any atom is 0.255 e. The molecule has 2 amide bonds. The van der Waals surface area contributed by atoms with Crippen LogP contribution in [0.3, 0.4) is 0 Å². The Morgan fingerprint density at radius 3 is 2.62 bits per heavy atom. The Bertz CT molecular complexity index is 853. The molecule has 0 spiro atoms. The lowest BCUT2D eigenvalue weighted by molar-refractivity contribution is -0.117. The van der Waals surface area contributed by atoms with Gasteiger partial charge in [0.25, 0.3) is 5.91 Å². The smallest absolute Gasteiger partial charge is 0.255 e. The van der Waals surface area contributed by atoms with E-state index in [0.29, 0.717) is 47.3 Å². The molecule has 6 nitrogen and oxygen atoms in total. The number of nitrogens with zero attached hydrogens (tertiary/aromatic N) is 3. The predicted octanol–water partition coefficient (Wildman–Crippen LogP) is 2.67. The van der Waals surface area contributed by atoms with E-state index in [-0.39, 0.29) is 18.4 Å². The fourth-order valence-corrected chi connectivity index (χ4v) is 3.75. The Kier molecular flexibility index (Phi) is 5.89. The van der Waals surface area contributed by atoms with Crippen LogP contribution in [0.2, 0.25) is 5.02 Å². The third kappa shape index (κ3) is 4.22. The van der Waals surface area contributed by atoms with Crippen LogP contribution in [0.15, 0.2) is 35.7 Å². The largest absolute Gasteiger partial charge is 0.336 e. The van der Waals surface area contributed by atoms with E-state index in [9.17, 15) is 9.59 Å². The number of piperazine rings is 1. The molecule has 1 saturated heterocycles. The molecule has 1 fully saturated rings. The second-order valence-electron chi connectivity index (χ2n) is 5.87. The van der Waals surface area contributed by atoms with Gasteiger partial charge in [0.2, 0.25) is 5.91 Å². The van der Waals surface area contributed by atoms with Gasteiger partial charge in [0.15, 0.2) is 0 Å². The van der Waals surface area contributed by atoms with Crippen molar-refractivity contribution in [2.24, 2.45) is 0 Å². The summed E-state index contributed by atoms with van der Waals surface area (Å²) in [7, 11) is 0. The summed E-state index contributed by atoms with van der Waals surface area (Å²) in [5.74, 6) is -0.244. The molecule has 134 valence electrons. The van der Waals surface area contributed by atoms with E-state index >= 15 is 0 Å². The number of nitrogens with one attached hydrogen (secondary N) is 1. The number of thiophene rings is 1. The third-order valence-electron chi connectivity index (χ3n) is 4.17. The predicted molar refractivity (Wildman–Crippen MR) is 101 cm³/mol. The standard InChI is InChI=1S/C18H17ClN4O2S/c19-15-4-2-1-3-14(15)18(25)23-8-6-22(7-9-23)12-16(24)21-17-13(11-20)5-10-26-17/h1-5,10H,6-9,12H2,(H,21,24). The highest BCUT2D eigenvalue weighted by Crippen LogP contribution is 2.22. The molecule has 8 heteroatoms. The second kappa shape index (κ2) is 8.32. The van der Waals surface area contributed by atoms with E-state index < -0.39 is 0 Å². The summed E-state index contributed by atoms with van der Waals surface area (Å²) in [6.07, 6.45) is 0. The van der Waals surface area contributed by atoms with Gasteiger partial charge in [-0.2, -0.15) is 5.26 Å². The third-order valence-corrected chi connectivity index (χ3v) is 5.33. The first-order chi connectivity index (χ1) is 12.6. The molecule has 1 aliphatic rings. The zero-order valence-corrected chi connectivity index (χ0v) is 15.5. The van der Waals surface area contributed by atoms with Crippen molar-refractivity contribution in [3.8, 4) is 6.07 Å². The Morgan fingerprint density at radius 2 is 1.92 bits per heavy atom. The van der Waals surface area contributed by atoms with Gasteiger partial charge in [-0.3, -0.25) is 14.5 Å². The van der Waals surface area contributed by atoms with Crippen LogP contribution in [0.4, 0.5) is 5.00 Å². The van der Waals surface area contributed by atoms with Gasteiger partial charge in [-0.05, 0) is 23.6 Å². The van der Waals surface area contributed by atoms with Crippen molar-refractivity contribution >= 4 is 39.8 Å². The van der Waals surface area contributed by atoms with Crippen LogP contribution < -0.4 is 5.32 Å². The van der Waals surface area contributed by atoms with Gasteiger partial charge in [0.05, 0.1) is 22.7 Å². The molecule has 0 radical (unpaired) electrons. The molecule has 26 heavy (non-hydrogen) atoms. The van der Waals surface area contributed by atoms with Gasteiger partial charge in [0.1, 0.15) is 11.1 Å². The molecule has 0 unspecified atom stereocenters. The van der Waals surface area contributed by atoms with Crippen molar-refractivity contribution in [1.82, 2.24) is 9.80 Å². The molecule has 1 N–H and O–H groups in total. The Labute approximate surface area is 160 Å². The lowest BCUT2D eigenvalue weighted by Gasteiger charge is -2.34. The van der Waals surface area contributed by atoms with Crippen LogP contribution >= 0.6 is 22.9 Å². The van der Waals surface area contributed by atoms with E-state index in [2.05, 4.69) is 11.4 Å². The molecule has 2 heterocycles. The fraction of sp³-hybridized carbons (Fsp3) is 0.278. The lowest BCUT2D eigenvalue weighted by Crippen LogP contribution is -2.50. The highest BCUT2D eigenvalue weighted by Gasteiger charge is 2.24. The summed E-state index contributed by atoms with van der Waals surface area (Å²) < 4.78 is 0. The lowest BCUT2D eigenvalue weighted by atomic mass is 10.2. The normalized spacial score (nSPS) is 14.7. The van der Waals surface area contributed by atoms with Crippen molar-refractivity contribution in [3.63, 3.8) is 0 Å². The summed E-state index contributed by atoms with van der Waals surface area (Å²) in [5.41, 5.74) is 0.973. The molecule has 1 aromatic heterocycles. The average Bonchev–Trinajstić information content (AvgIpc) is 3.09. The van der Waals surface area contributed by atoms with Gasteiger partial charge in [-0.15, -0.1) is 11.3 Å². The zero-order chi connectivity index (χ0) is 18.5. The molecule has 0 atom stereocenters. The molecule has 2 aromatic rings. The number of nitriles is 1. The topological polar surface area (TPSA) is 76.4 Å². The number of benzene rings is 1. The zero-order valence-electron chi connectivity index (χ0n) is 13.9.